The summed E-state index contributed by atoms with van der Waals surface area (Å²) in [6.45, 7) is 5.60. The SMILES string of the molecule is CCCCCOc1ccc(C(=O)CCC(=O)OCc2nnnn2CCCC)cc1. The number of carbonyl (C=O) groups excluding carboxylic acids is 2. The topological polar surface area (TPSA) is 96.2 Å². The predicted octanol–water partition coefficient (Wildman–Crippen LogP) is 3.75. The maximum Gasteiger partial charge on any atom is 0.306 e. The minimum atomic E-state index is -0.445. The Balaban J connectivity index is 1.71. The second-order valence-electron chi connectivity index (χ2n) is 6.84. The number of benzene rings is 1. The van der Waals surface area contributed by atoms with Crippen molar-refractivity contribution >= 4 is 11.8 Å². The molecule has 0 aliphatic carbocycles. The molecule has 0 spiro atoms. The van der Waals surface area contributed by atoms with E-state index in [4.69, 9.17) is 9.47 Å². The Hall–Kier alpha value is -2.77. The summed E-state index contributed by atoms with van der Waals surface area (Å²) >= 11 is 0. The fourth-order valence-corrected chi connectivity index (χ4v) is 2.66. The monoisotopic (exact) mass is 402 g/mol. The maximum absolute atomic E-state index is 12.3. The predicted molar refractivity (Wildman–Crippen MR) is 108 cm³/mol. The Morgan fingerprint density at radius 2 is 1.76 bits per heavy atom. The van der Waals surface area contributed by atoms with Crippen LogP contribution in [-0.2, 0) is 22.7 Å². The molecular formula is C21H30N4O4. The lowest BCUT2D eigenvalue weighted by molar-refractivity contribution is -0.145. The first-order chi connectivity index (χ1) is 14.1. The Labute approximate surface area is 171 Å². The molecule has 0 radical (unpaired) electrons. The van der Waals surface area contributed by atoms with Gasteiger partial charge in [0.2, 0.25) is 0 Å². The van der Waals surface area contributed by atoms with Crippen LogP contribution < -0.4 is 4.74 Å². The average molecular weight is 402 g/mol. The van der Waals surface area contributed by atoms with Crippen molar-refractivity contribution in [1.82, 2.24) is 20.2 Å². The lowest BCUT2D eigenvalue weighted by atomic mass is 10.1. The molecule has 2 aromatic rings. The van der Waals surface area contributed by atoms with Crippen LogP contribution in [0.25, 0.3) is 0 Å². The molecule has 2 rings (SSSR count). The first-order valence-corrected chi connectivity index (χ1v) is 10.3. The molecule has 8 nitrogen and oxygen atoms in total. The second kappa shape index (κ2) is 12.6. The number of unbranched alkanes of at least 4 members (excludes halogenated alkanes) is 3. The van der Waals surface area contributed by atoms with Crippen LogP contribution in [0.2, 0.25) is 0 Å². The van der Waals surface area contributed by atoms with Crippen molar-refractivity contribution in [2.45, 2.75) is 71.9 Å². The number of tetrazole rings is 1. The van der Waals surface area contributed by atoms with E-state index in [1.807, 2.05) is 0 Å². The zero-order valence-corrected chi connectivity index (χ0v) is 17.3. The third kappa shape index (κ3) is 8.01. The van der Waals surface area contributed by atoms with Crippen LogP contribution in [0.5, 0.6) is 5.75 Å². The summed E-state index contributed by atoms with van der Waals surface area (Å²) < 4.78 is 12.5. The van der Waals surface area contributed by atoms with Gasteiger partial charge in [-0.3, -0.25) is 9.59 Å². The Morgan fingerprint density at radius 3 is 2.48 bits per heavy atom. The van der Waals surface area contributed by atoms with Crippen molar-refractivity contribution in [3.63, 3.8) is 0 Å². The summed E-state index contributed by atoms with van der Waals surface area (Å²) in [5.74, 6) is 0.706. The number of nitrogens with zero attached hydrogens (tertiary/aromatic N) is 4. The minimum absolute atomic E-state index is 0.00774. The molecule has 0 aliphatic rings. The molecule has 29 heavy (non-hydrogen) atoms. The zero-order valence-electron chi connectivity index (χ0n) is 17.3. The number of ketones is 1. The van der Waals surface area contributed by atoms with Gasteiger partial charge >= 0.3 is 5.97 Å². The number of Topliss-reactive ketones (excluding diaryl/α,β-unsaturated/α-hetero) is 1. The molecule has 0 amide bonds. The van der Waals surface area contributed by atoms with E-state index >= 15 is 0 Å². The summed E-state index contributed by atoms with van der Waals surface area (Å²) in [4.78, 5) is 24.2. The third-order valence-corrected chi connectivity index (χ3v) is 4.44. The standard InChI is InChI=1S/C21H30N4O4/c1-3-5-7-15-28-18-10-8-17(9-11-18)19(26)12-13-21(27)29-16-20-22-23-24-25(20)14-6-4-2/h8-11H,3-7,12-16H2,1-2H3. The summed E-state index contributed by atoms with van der Waals surface area (Å²) in [6, 6.07) is 7.02. The Bertz CT molecular complexity index is 758. The Kier molecular flexibility index (Phi) is 9.82. The molecular weight excluding hydrogens is 372 g/mol. The highest BCUT2D eigenvalue weighted by Crippen LogP contribution is 2.15. The third-order valence-electron chi connectivity index (χ3n) is 4.44. The van der Waals surface area contributed by atoms with E-state index in [1.54, 1.807) is 28.9 Å². The van der Waals surface area contributed by atoms with Crippen LogP contribution >= 0.6 is 0 Å². The van der Waals surface area contributed by atoms with E-state index in [1.165, 1.54) is 0 Å². The van der Waals surface area contributed by atoms with E-state index in [-0.39, 0.29) is 25.2 Å². The van der Waals surface area contributed by atoms with E-state index in [9.17, 15) is 9.59 Å². The molecule has 158 valence electrons. The van der Waals surface area contributed by atoms with Crippen molar-refractivity contribution in [2.75, 3.05) is 6.61 Å². The normalized spacial score (nSPS) is 10.7. The van der Waals surface area contributed by atoms with Gasteiger partial charge in [0.1, 0.15) is 5.75 Å². The van der Waals surface area contributed by atoms with Gasteiger partial charge in [0, 0.05) is 18.5 Å². The maximum atomic E-state index is 12.3. The molecule has 0 bridgehead atoms. The quantitative estimate of drug-likeness (QED) is 0.270. The zero-order chi connectivity index (χ0) is 20.9. The number of hydrogen-bond acceptors (Lipinski definition) is 7. The molecule has 0 saturated carbocycles. The molecule has 1 aromatic heterocycles. The highest BCUT2D eigenvalue weighted by Gasteiger charge is 2.13. The van der Waals surface area contributed by atoms with Gasteiger partial charge in [-0.15, -0.1) is 5.10 Å². The first kappa shape index (κ1) is 22.5. The van der Waals surface area contributed by atoms with Gasteiger partial charge in [-0.05, 0) is 47.5 Å². The molecule has 1 aromatic carbocycles. The van der Waals surface area contributed by atoms with Crippen molar-refractivity contribution in [3.8, 4) is 5.75 Å². The largest absolute Gasteiger partial charge is 0.494 e. The van der Waals surface area contributed by atoms with Crippen LogP contribution in [0.3, 0.4) is 0 Å². The van der Waals surface area contributed by atoms with E-state index in [0.29, 0.717) is 24.5 Å². The molecule has 0 N–H and O–H groups in total. The lowest BCUT2D eigenvalue weighted by Crippen LogP contribution is -2.12. The van der Waals surface area contributed by atoms with Gasteiger partial charge in [0.05, 0.1) is 13.0 Å². The molecule has 0 atom stereocenters. The van der Waals surface area contributed by atoms with Crippen LogP contribution in [0.4, 0.5) is 0 Å². The van der Waals surface area contributed by atoms with Crippen molar-refractivity contribution < 1.29 is 19.1 Å². The smallest absolute Gasteiger partial charge is 0.306 e. The van der Waals surface area contributed by atoms with Gasteiger partial charge in [-0.2, -0.15) is 0 Å². The Morgan fingerprint density at radius 1 is 1.00 bits per heavy atom. The summed E-state index contributed by atoms with van der Waals surface area (Å²) in [6.07, 6.45) is 5.39. The number of hydrogen-bond donors (Lipinski definition) is 0. The number of aromatic nitrogens is 4. The lowest BCUT2D eigenvalue weighted by Gasteiger charge is -2.07. The molecule has 1 heterocycles. The number of ether oxygens (including phenoxy) is 2. The van der Waals surface area contributed by atoms with E-state index in [2.05, 4.69) is 29.4 Å². The van der Waals surface area contributed by atoms with Gasteiger partial charge < -0.3 is 9.47 Å². The number of rotatable bonds is 14. The van der Waals surface area contributed by atoms with Crippen LogP contribution in [0, 0.1) is 0 Å². The molecule has 0 aliphatic heterocycles. The van der Waals surface area contributed by atoms with Gasteiger partial charge in [0.25, 0.3) is 0 Å². The van der Waals surface area contributed by atoms with Crippen molar-refractivity contribution in [1.29, 1.82) is 0 Å². The van der Waals surface area contributed by atoms with Crippen molar-refractivity contribution in [2.24, 2.45) is 0 Å². The van der Waals surface area contributed by atoms with Crippen LogP contribution in [-0.4, -0.2) is 38.6 Å². The fourth-order valence-electron chi connectivity index (χ4n) is 2.66. The van der Waals surface area contributed by atoms with E-state index < -0.39 is 5.97 Å². The average Bonchev–Trinajstić information content (AvgIpc) is 3.19. The van der Waals surface area contributed by atoms with Crippen LogP contribution in [0.15, 0.2) is 24.3 Å². The molecule has 8 heteroatoms. The second-order valence-corrected chi connectivity index (χ2v) is 6.84. The molecule has 0 saturated heterocycles. The van der Waals surface area contributed by atoms with Crippen molar-refractivity contribution in [3.05, 3.63) is 35.7 Å². The first-order valence-electron chi connectivity index (χ1n) is 10.3. The summed E-state index contributed by atoms with van der Waals surface area (Å²) in [7, 11) is 0. The number of carbonyl (C=O) groups is 2. The highest BCUT2D eigenvalue weighted by atomic mass is 16.5. The van der Waals surface area contributed by atoms with Gasteiger partial charge in [0.15, 0.2) is 18.2 Å². The summed E-state index contributed by atoms with van der Waals surface area (Å²) in [5, 5.41) is 11.4. The minimum Gasteiger partial charge on any atom is -0.494 e. The van der Waals surface area contributed by atoms with Crippen LogP contribution in [0.1, 0.15) is 75.0 Å². The highest BCUT2D eigenvalue weighted by molar-refractivity contribution is 5.97. The van der Waals surface area contributed by atoms with Gasteiger partial charge in [-0.1, -0.05) is 33.1 Å². The summed E-state index contributed by atoms with van der Waals surface area (Å²) in [5.41, 5.74) is 0.558. The fraction of sp³-hybridized carbons (Fsp3) is 0.571. The molecule has 0 fully saturated rings. The number of esters is 1. The van der Waals surface area contributed by atoms with E-state index in [0.717, 1.165) is 37.9 Å². The molecule has 0 unspecified atom stereocenters. The number of aryl methyl sites for hydroxylation is 1. The van der Waals surface area contributed by atoms with Gasteiger partial charge in [-0.25, -0.2) is 4.68 Å².